The van der Waals surface area contributed by atoms with Gasteiger partial charge in [-0.05, 0) is 39.8 Å². The predicted molar refractivity (Wildman–Crippen MR) is 79.0 cm³/mol. The maximum absolute atomic E-state index is 11.8. The summed E-state index contributed by atoms with van der Waals surface area (Å²) in [5.74, 6) is 0.341. The third kappa shape index (κ3) is 3.19. The van der Waals surface area contributed by atoms with Crippen molar-refractivity contribution in [2.45, 2.75) is 33.3 Å². The highest BCUT2D eigenvalue weighted by atomic mass is 16.7. The molecular weight excluding hydrogens is 272 g/mol. The molecule has 0 fully saturated rings. The largest absolute Gasteiger partial charge is 0.506 e. The van der Waals surface area contributed by atoms with Gasteiger partial charge < -0.3 is 19.3 Å². The summed E-state index contributed by atoms with van der Waals surface area (Å²) in [4.78, 5) is 11.8. The van der Waals surface area contributed by atoms with Gasteiger partial charge in [-0.1, -0.05) is 0 Å². The minimum Gasteiger partial charge on any atom is -0.506 e. The SMILES string of the molecule is CCOCOc1cc2c(c(O)c1C(C)=O)C=CC(C)(C)O2. The number of phenolic OH excluding ortho intramolecular Hbond substituents is 1. The quantitative estimate of drug-likeness (QED) is 0.513. The first-order chi connectivity index (χ1) is 9.85. The zero-order valence-electron chi connectivity index (χ0n) is 12.7. The third-order valence-corrected chi connectivity index (χ3v) is 3.14. The lowest BCUT2D eigenvalue weighted by Crippen LogP contribution is -2.27. The molecule has 1 aliphatic heterocycles. The number of hydrogen-bond donors (Lipinski definition) is 1. The fraction of sp³-hybridized carbons (Fsp3) is 0.438. The first-order valence-electron chi connectivity index (χ1n) is 6.85. The zero-order chi connectivity index (χ0) is 15.6. The van der Waals surface area contributed by atoms with Gasteiger partial charge in [-0.3, -0.25) is 4.79 Å². The molecule has 0 unspecified atom stereocenters. The Bertz CT molecular complexity index is 587. The van der Waals surface area contributed by atoms with E-state index in [9.17, 15) is 9.90 Å². The molecule has 114 valence electrons. The summed E-state index contributed by atoms with van der Waals surface area (Å²) in [6.45, 7) is 7.54. The van der Waals surface area contributed by atoms with Crippen LogP contribution in [0.2, 0.25) is 0 Å². The second kappa shape index (κ2) is 5.77. The molecule has 1 aromatic rings. The third-order valence-electron chi connectivity index (χ3n) is 3.14. The molecule has 0 saturated carbocycles. The van der Waals surface area contributed by atoms with E-state index >= 15 is 0 Å². The van der Waals surface area contributed by atoms with Crippen LogP contribution >= 0.6 is 0 Å². The number of aromatic hydroxyl groups is 1. The number of Topliss-reactive ketones (excluding diaryl/α,β-unsaturated/α-hetero) is 1. The Labute approximate surface area is 124 Å². The number of rotatable bonds is 5. The second-order valence-electron chi connectivity index (χ2n) is 5.36. The van der Waals surface area contributed by atoms with Crippen LogP contribution in [0.25, 0.3) is 6.08 Å². The van der Waals surface area contributed by atoms with Crippen LogP contribution < -0.4 is 9.47 Å². The van der Waals surface area contributed by atoms with Crippen molar-refractivity contribution in [3.05, 3.63) is 23.3 Å². The van der Waals surface area contributed by atoms with Crippen LogP contribution in [0.15, 0.2) is 12.1 Å². The Morgan fingerprint density at radius 2 is 2.14 bits per heavy atom. The number of carbonyl (C=O) groups excluding carboxylic acids is 1. The van der Waals surface area contributed by atoms with Gasteiger partial charge in [-0.15, -0.1) is 0 Å². The Kier molecular flexibility index (Phi) is 4.23. The monoisotopic (exact) mass is 292 g/mol. The zero-order valence-corrected chi connectivity index (χ0v) is 12.7. The minimum atomic E-state index is -0.478. The highest BCUT2D eigenvalue weighted by Crippen LogP contribution is 2.43. The van der Waals surface area contributed by atoms with Crippen LogP contribution in [0, 0.1) is 0 Å². The van der Waals surface area contributed by atoms with Gasteiger partial charge in [0.1, 0.15) is 28.4 Å². The molecule has 1 N–H and O–H groups in total. The van der Waals surface area contributed by atoms with E-state index in [0.29, 0.717) is 17.9 Å². The summed E-state index contributed by atoms with van der Waals surface area (Å²) >= 11 is 0. The molecule has 5 heteroatoms. The molecule has 2 rings (SSSR count). The average molecular weight is 292 g/mol. The second-order valence-corrected chi connectivity index (χ2v) is 5.36. The first-order valence-corrected chi connectivity index (χ1v) is 6.85. The van der Waals surface area contributed by atoms with E-state index in [0.717, 1.165) is 0 Å². The molecular formula is C16H20O5. The van der Waals surface area contributed by atoms with Gasteiger partial charge in [-0.25, -0.2) is 0 Å². The predicted octanol–water partition coefficient (Wildman–Crippen LogP) is 3.15. The maximum Gasteiger partial charge on any atom is 0.189 e. The number of benzene rings is 1. The van der Waals surface area contributed by atoms with Crippen molar-refractivity contribution in [1.82, 2.24) is 0 Å². The van der Waals surface area contributed by atoms with Crippen LogP contribution in [0.5, 0.6) is 17.2 Å². The van der Waals surface area contributed by atoms with Crippen molar-refractivity contribution in [3.8, 4) is 17.2 Å². The normalized spacial score (nSPS) is 15.2. The Morgan fingerprint density at radius 3 is 2.76 bits per heavy atom. The number of hydrogen-bond acceptors (Lipinski definition) is 5. The van der Waals surface area contributed by atoms with Gasteiger partial charge in [0.25, 0.3) is 0 Å². The lowest BCUT2D eigenvalue weighted by Gasteiger charge is -2.29. The fourth-order valence-corrected chi connectivity index (χ4v) is 2.13. The Hall–Kier alpha value is -2.01. The van der Waals surface area contributed by atoms with Crippen molar-refractivity contribution in [2.24, 2.45) is 0 Å². The van der Waals surface area contributed by atoms with Crippen molar-refractivity contribution >= 4 is 11.9 Å². The number of ether oxygens (including phenoxy) is 3. The van der Waals surface area contributed by atoms with Gasteiger partial charge in [0.2, 0.25) is 0 Å². The number of phenols is 1. The van der Waals surface area contributed by atoms with Crippen LogP contribution in [0.1, 0.15) is 43.6 Å². The highest BCUT2D eigenvalue weighted by molar-refractivity contribution is 6.01. The summed E-state index contributed by atoms with van der Waals surface area (Å²) in [6, 6.07) is 1.62. The van der Waals surface area contributed by atoms with E-state index in [4.69, 9.17) is 14.2 Å². The van der Waals surface area contributed by atoms with Crippen molar-refractivity contribution < 1.29 is 24.1 Å². The topological polar surface area (TPSA) is 65.0 Å². The van der Waals surface area contributed by atoms with E-state index in [1.54, 1.807) is 12.1 Å². The summed E-state index contributed by atoms with van der Waals surface area (Å²) in [7, 11) is 0. The van der Waals surface area contributed by atoms with Crippen molar-refractivity contribution in [3.63, 3.8) is 0 Å². The molecule has 0 amide bonds. The molecule has 1 aromatic carbocycles. The van der Waals surface area contributed by atoms with E-state index < -0.39 is 5.60 Å². The summed E-state index contributed by atoms with van der Waals surface area (Å²) < 4.78 is 16.4. The van der Waals surface area contributed by atoms with Crippen molar-refractivity contribution in [1.29, 1.82) is 0 Å². The average Bonchev–Trinajstić information content (AvgIpc) is 2.37. The Balaban J connectivity index is 2.48. The highest BCUT2D eigenvalue weighted by Gasteiger charge is 2.28. The van der Waals surface area contributed by atoms with Gasteiger partial charge in [0.05, 0.1) is 5.56 Å². The van der Waals surface area contributed by atoms with Crippen LogP contribution in [-0.2, 0) is 4.74 Å². The standard InChI is InChI=1S/C16H20O5/c1-5-19-9-20-13-8-12-11(6-7-16(3,4)21-12)15(18)14(13)10(2)17/h6-8,18H,5,9H2,1-4H3. The van der Waals surface area contributed by atoms with Crippen molar-refractivity contribution in [2.75, 3.05) is 13.4 Å². The molecule has 5 nitrogen and oxygen atoms in total. The first kappa shape index (κ1) is 15.4. The van der Waals surface area contributed by atoms with Gasteiger partial charge in [0.15, 0.2) is 12.6 Å². The molecule has 0 saturated heterocycles. The number of fused-ring (bicyclic) bond motifs is 1. The van der Waals surface area contributed by atoms with Crippen LogP contribution in [0.3, 0.4) is 0 Å². The lowest BCUT2D eigenvalue weighted by molar-refractivity contribution is 0.0215. The summed E-state index contributed by atoms with van der Waals surface area (Å²) in [5, 5.41) is 10.3. The van der Waals surface area contributed by atoms with E-state index in [-0.39, 0.29) is 29.6 Å². The molecule has 0 aromatic heterocycles. The number of ketones is 1. The fourth-order valence-electron chi connectivity index (χ4n) is 2.13. The molecule has 1 heterocycles. The van der Waals surface area contributed by atoms with E-state index in [1.165, 1.54) is 6.92 Å². The molecule has 0 bridgehead atoms. The van der Waals surface area contributed by atoms with E-state index in [2.05, 4.69) is 0 Å². The number of carbonyl (C=O) groups is 1. The molecule has 0 atom stereocenters. The van der Waals surface area contributed by atoms with Gasteiger partial charge >= 0.3 is 0 Å². The Morgan fingerprint density at radius 1 is 1.43 bits per heavy atom. The smallest absolute Gasteiger partial charge is 0.189 e. The molecule has 21 heavy (non-hydrogen) atoms. The summed E-state index contributed by atoms with van der Waals surface area (Å²) in [5.41, 5.74) is 0.152. The van der Waals surface area contributed by atoms with Crippen LogP contribution in [-0.4, -0.2) is 29.9 Å². The minimum absolute atomic E-state index is 0.00817. The van der Waals surface area contributed by atoms with Crippen LogP contribution in [0.4, 0.5) is 0 Å². The lowest BCUT2D eigenvalue weighted by atomic mass is 9.97. The molecule has 0 radical (unpaired) electrons. The van der Waals surface area contributed by atoms with Gasteiger partial charge in [-0.2, -0.15) is 0 Å². The molecule has 1 aliphatic rings. The van der Waals surface area contributed by atoms with Gasteiger partial charge in [0, 0.05) is 12.7 Å². The molecule has 0 aliphatic carbocycles. The maximum atomic E-state index is 11.8. The summed E-state index contributed by atoms with van der Waals surface area (Å²) in [6.07, 6.45) is 3.59. The van der Waals surface area contributed by atoms with E-state index in [1.807, 2.05) is 26.8 Å². The molecule has 0 spiro atoms.